The number of hydrogen-bond donors (Lipinski definition) is 1. The Bertz CT molecular complexity index is 778. The Kier molecular flexibility index (Phi) is 4.72. The molecule has 0 saturated carbocycles. The summed E-state index contributed by atoms with van der Waals surface area (Å²) in [4.78, 5) is 2.03. The molecule has 0 spiro atoms. The number of hydrogen-bond acceptors (Lipinski definition) is 5. The number of rotatable bonds is 4. The van der Waals surface area contributed by atoms with Gasteiger partial charge in [-0.1, -0.05) is 18.2 Å². The Morgan fingerprint density at radius 2 is 1.65 bits per heavy atom. The van der Waals surface area contributed by atoms with Crippen LogP contribution in [0, 0.1) is 0 Å². The standard InChI is InChI=1S/C16H22N4O2S/c1-16(2,3)19-23(21,22)14-9-7-6-8-12(14)13-10-11-15(18-17-13)20(4)5/h6-11,19H,1-5H3. The van der Waals surface area contributed by atoms with Crippen LogP contribution < -0.4 is 9.62 Å². The van der Waals surface area contributed by atoms with E-state index in [1.54, 1.807) is 51.1 Å². The average molecular weight is 334 g/mol. The number of anilines is 1. The molecule has 0 atom stereocenters. The summed E-state index contributed by atoms with van der Waals surface area (Å²) >= 11 is 0. The van der Waals surface area contributed by atoms with Crippen molar-refractivity contribution in [3.05, 3.63) is 36.4 Å². The third-order valence-corrected chi connectivity index (χ3v) is 4.82. The summed E-state index contributed by atoms with van der Waals surface area (Å²) in [6.07, 6.45) is 0. The first kappa shape index (κ1) is 17.4. The highest BCUT2D eigenvalue weighted by atomic mass is 32.2. The van der Waals surface area contributed by atoms with E-state index < -0.39 is 15.6 Å². The smallest absolute Gasteiger partial charge is 0.241 e. The van der Waals surface area contributed by atoms with E-state index in [4.69, 9.17) is 0 Å². The lowest BCUT2D eigenvalue weighted by atomic mass is 10.1. The molecule has 1 N–H and O–H groups in total. The van der Waals surface area contributed by atoms with Crippen molar-refractivity contribution >= 4 is 15.8 Å². The van der Waals surface area contributed by atoms with Crippen molar-refractivity contribution < 1.29 is 8.42 Å². The largest absolute Gasteiger partial charge is 0.361 e. The molecule has 0 fully saturated rings. The summed E-state index contributed by atoms with van der Waals surface area (Å²) < 4.78 is 28.0. The Morgan fingerprint density at radius 1 is 1.00 bits per heavy atom. The molecule has 124 valence electrons. The predicted molar refractivity (Wildman–Crippen MR) is 91.9 cm³/mol. The molecule has 0 radical (unpaired) electrons. The molecule has 1 aromatic heterocycles. The minimum Gasteiger partial charge on any atom is -0.361 e. The predicted octanol–water partition coefficient (Wildman–Crippen LogP) is 2.29. The first-order valence-corrected chi connectivity index (χ1v) is 8.73. The molecule has 0 aliphatic heterocycles. The zero-order chi connectivity index (χ0) is 17.3. The molecule has 6 nitrogen and oxygen atoms in total. The van der Waals surface area contributed by atoms with Crippen LogP contribution in [0.25, 0.3) is 11.3 Å². The molecular formula is C16H22N4O2S. The van der Waals surface area contributed by atoms with Gasteiger partial charge in [-0.25, -0.2) is 13.1 Å². The molecule has 2 aromatic rings. The summed E-state index contributed by atoms with van der Waals surface area (Å²) in [6, 6.07) is 10.4. The van der Waals surface area contributed by atoms with Gasteiger partial charge in [0.2, 0.25) is 10.0 Å². The molecule has 0 aliphatic rings. The van der Waals surface area contributed by atoms with Gasteiger partial charge in [0.05, 0.1) is 10.6 Å². The molecule has 23 heavy (non-hydrogen) atoms. The first-order valence-electron chi connectivity index (χ1n) is 7.24. The van der Waals surface area contributed by atoms with Crippen molar-refractivity contribution in [1.29, 1.82) is 0 Å². The van der Waals surface area contributed by atoms with Crippen LogP contribution in [0.5, 0.6) is 0 Å². The van der Waals surface area contributed by atoms with Gasteiger partial charge in [-0.05, 0) is 39.0 Å². The number of benzene rings is 1. The summed E-state index contributed by atoms with van der Waals surface area (Å²) in [7, 11) is 0.0893. The molecule has 0 saturated heterocycles. The normalized spacial score (nSPS) is 12.2. The fraction of sp³-hybridized carbons (Fsp3) is 0.375. The van der Waals surface area contributed by atoms with E-state index in [-0.39, 0.29) is 4.90 Å². The van der Waals surface area contributed by atoms with Crippen LogP contribution in [0.4, 0.5) is 5.82 Å². The molecule has 2 rings (SSSR count). The fourth-order valence-electron chi connectivity index (χ4n) is 2.08. The van der Waals surface area contributed by atoms with E-state index in [0.717, 1.165) is 0 Å². The van der Waals surface area contributed by atoms with Gasteiger partial charge >= 0.3 is 0 Å². The molecule has 0 amide bonds. The van der Waals surface area contributed by atoms with Gasteiger partial charge in [-0.3, -0.25) is 0 Å². The zero-order valence-corrected chi connectivity index (χ0v) is 14.8. The van der Waals surface area contributed by atoms with Gasteiger partial charge in [-0.15, -0.1) is 10.2 Å². The quantitative estimate of drug-likeness (QED) is 0.928. The lowest BCUT2D eigenvalue weighted by Gasteiger charge is -2.21. The monoisotopic (exact) mass is 334 g/mol. The maximum absolute atomic E-state index is 12.6. The van der Waals surface area contributed by atoms with Crippen molar-refractivity contribution in [1.82, 2.24) is 14.9 Å². The number of nitrogens with one attached hydrogen (secondary N) is 1. The van der Waals surface area contributed by atoms with Gasteiger partial charge in [0, 0.05) is 25.2 Å². The fourth-order valence-corrected chi connectivity index (χ4v) is 3.71. The van der Waals surface area contributed by atoms with E-state index >= 15 is 0 Å². The third kappa shape index (κ3) is 4.27. The number of aromatic nitrogens is 2. The second kappa shape index (κ2) is 6.25. The average Bonchev–Trinajstić information content (AvgIpc) is 2.45. The van der Waals surface area contributed by atoms with Crippen molar-refractivity contribution in [2.75, 3.05) is 19.0 Å². The Hall–Kier alpha value is -1.99. The van der Waals surface area contributed by atoms with Crippen molar-refractivity contribution in [2.24, 2.45) is 0 Å². The maximum atomic E-state index is 12.6. The molecular weight excluding hydrogens is 312 g/mol. The van der Waals surface area contributed by atoms with Crippen LogP contribution in [0.3, 0.4) is 0 Å². The van der Waals surface area contributed by atoms with Gasteiger partial charge in [0.25, 0.3) is 0 Å². The third-order valence-electron chi connectivity index (χ3n) is 3.00. The molecule has 1 aromatic carbocycles. The maximum Gasteiger partial charge on any atom is 0.241 e. The van der Waals surface area contributed by atoms with Crippen LogP contribution in [-0.2, 0) is 10.0 Å². The second-order valence-electron chi connectivity index (χ2n) is 6.52. The van der Waals surface area contributed by atoms with E-state index in [2.05, 4.69) is 14.9 Å². The van der Waals surface area contributed by atoms with E-state index in [9.17, 15) is 8.42 Å². The van der Waals surface area contributed by atoms with Gasteiger partial charge < -0.3 is 4.90 Å². The number of nitrogens with zero attached hydrogens (tertiary/aromatic N) is 3. The van der Waals surface area contributed by atoms with Crippen molar-refractivity contribution in [2.45, 2.75) is 31.2 Å². The number of sulfonamides is 1. The molecule has 0 aliphatic carbocycles. The first-order chi connectivity index (χ1) is 10.6. The lowest BCUT2D eigenvalue weighted by Crippen LogP contribution is -2.40. The summed E-state index contributed by atoms with van der Waals surface area (Å²) in [5, 5.41) is 8.27. The summed E-state index contributed by atoms with van der Waals surface area (Å²) in [6.45, 7) is 5.41. The highest BCUT2D eigenvalue weighted by Gasteiger charge is 2.25. The van der Waals surface area contributed by atoms with Crippen LogP contribution >= 0.6 is 0 Å². The minimum absolute atomic E-state index is 0.196. The van der Waals surface area contributed by atoms with E-state index in [0.29, 0.717) is 17.1 Å². The zero-order valence-electron chi connectivity index (χ0n) is 14.0. The molecule has 0 unspecified atom stereocenters. The van der Waals surface area contributed by atoms with Crippen molar-refractivity contribution in [3.8, 4) is 11.3 Å². The molecule has 1 heterocycles. The Labute approximate surface area is 137 Å². The summed E-state index contributed by atoms with van der Waals surface area (Å²) in [5.74, 6) is 0.710. The minimum atomic E-state index is -3.65. The molecule has 7 heteroatoms. The highest BCUT2D eigenvalue weighted by molar-refractivity contribution is 7.89. The van der Waals surface area contributed by atoms with Crippen LogP contribution in [-0.4, -0.2) is 38.2 Å². The Balaban J connectivity index is 2.49. The SMILES string of the molecule is CN(C)c1ccc(-c2ccccc2S(=O)(=O)NC(C)(C)C)nn1. The van der Waals surface area contributed by atoms with Gasteiger partial charge in [-0.2, -0.15) is 0 Å². The van der Waals surface area contributed by atoms with Gasteiger partial charge in [0.1, 0.15) is 0 Å². The lowest BCUT2D eigenvalue weighted by molar-refractivity contribution is 0.491. The van der Waals surface area contributed by atoms with Crippen LogP contribution in [0.2, 0.25) is 0 Å². The van der Waals surface area contributed by atoms with Crippen molar-refractivity contribution in [3.63, 3.8) is 0 Å². The summed E-state index contributed by atoms with van der Waals surface area (Å²) in [5.41, 5.74) is 0.486. The van der Waals surface area contributed by atoms with Crippen LogP contribution in [0.15, 0.2) is 41.3 Å². The van der Waals surface area contributed by atoms with E-state index in [1.165, 1.54) is 0 Å². The Morgan fingerprint density at radius 3 is 2.17 bits per heavy atom. The topological polar surface area (TPSA) is 75.2 Å². The van der Waals surface area contributed by atoms with E-state index in [1.807, 2.05) is 25.1 Å². The second-order valence-corrected chi connectivity index (χ2v) is 8.17. The molecule has 0 bridgehead atoms. The highest BCUT2D eigenvalue weighted by Crippen LogP contribution is 2.26. The van der Waals surface area contributed by atoms with Crippen LogP contribution in [0.1, 0.15) is 20.8 Å². The van der Waals surface area contributed by atoms with Gasteiger partial charge in [0.15, 0.2) is 5.82 Å².